The van der Waals surface area contributed by atoms with Gasteiger partial charge in [0.15, 0.2) is 23.5 Å². The topological polar surface area (TPSA) is 177 Å². The predicted octanol–water partition coefficient (Wildman–Crippen LogP) is -1.84. The summed E-state index contributed by atoms with van der Waals surface area (Å²) in [5, 5.41) is 19.7. The van der Waals surface area contributed by atoms with Crippen LogP contribution in [0.4, 0.5) is 5.82 Å². The van der Waals surface area contributed by atoms with Gasteiger partial charge in [0.05, 0.1) is 6.33 Å². The Hall–Kier alpha value is -1.62. The molecule has 12 heteroatoms. The quantitative estimate of drug-likeness (QED) is 0.395. The van der Waals surface area contributed by atoms with Crippen molar-refractivity contribution in [1.29, 1.82) is 0 Å². The highest BCUT2D eigenvalue weighted by Crippen LogP contribution is 2.50. The number of rotatable bonds is 2. The molecule has 4 atom stereocenters. The zero-order valence-corrected chi connectivity index (χ0v) is 11.3. The average Bonchev–Trinajstić information content (AvgIpc) is 2.93. The zero-order valence-electron chi connectivity index (χ0n) is 10.4. The summed E-state index contributed by atoms with van der Waals surface area (Å²) in [6, 6.07) is 0. The van der Waals surface area contributed by atoms with E-state index < -0.39 is 31.9 Å². The largest absolute Gasteiger partial charge is 0.387 e. The molecule has 1 fully saturated rings. The summed E-state index contributed by atoms with van der Waals surface area (Å²) in [6.45, 7) is 0. The van der Waals surface area contributed by atoms with Crippen LogP contribution in [0, 0.1) is 0 Å². The summed E-state index contributed by atoms with van der Waals surface area (Å²) in [5.41, 5.74) is 6.09. The van der Waals surface area contributed by atoms with Crippen molar-refractivity contribution in [2.24, 2.45) is 0 Å². The van der Waals surface area contributed by atoms with Crippen LogP contribution in [0.25, 0.3) is 11.2 Å². The van der Waals surface area contributed by atoms with Gasteiger partial charge in [0, 0.05) is 0 Å². The van der Waals surface area contributed by atoms with Gasteiger partial charge in [-0.1, -0.05) is 0 Å². The molecule has 1 aliphatic rings. The van der Waals surface area contributed by atoms with Crippen LogP contribution in [0.15, 0.2) is 12.7 Å². The fraction of sp³-hybridized carbons (Fsp3) is 0.444. The highest BCUT2D eigenvalue weighted by atomic mass is 31.2. The molecule has 0 amide bonds. The standard InChI is InChI=1S/C9H12N5O6P/c10-6-3-7(12-1-11-6)14(2-13-3)8-4(15)5(16)9(20-8)21(17,18)19/h1-2,4-5,8-9,15-16H,(H2,10,11,12)(H2,17,18,19)/t4-,5+,8-,9-/m1/s1. The molecule has 0 aromatic carbocycles. The van der Waals surface area contributed by atoms with Crippen molar-refractivity contribution >= 4 is 24.6 Å². The van der Waals surface area contributed by atoms with E-state index in [4.69, 9.17) is 20.3 Å². The number of ether oxygens (including phenoxy) is 1. The number of hydrogen-bond donors (Lipinski definition) is 5. The van der Waals surface area contributed by atoms with E-state index in [1.807, 2.05) is 0 Å². The Balaban J connectivity index is 2.04. The van der Waals surface area contributed by atoms with Gasteiger partial charge < -0.3 is 30.5 Å². The van der Waals surface area contributed by atoms with E-state index in [2.05, 4.69) is 15.0 Å². The minimum atomic E-state index is -4.74. The molecule has 2 aromatic heterocycles. The van der Waals surface area contributed by atoms with E-state index in [0.717, 1.165) is 0 Å². The van der Waals surface area contributed by atoms with E-state index in [1.165, 1.54) is 17.2 Å². The molecule has 0 spiro atoms. The Kier molecular flexibility index (Phi) is 3.20. The summed E-state index contributed by atoms with van der Waals surface area (Å²) in [4.78, 5) is 29.9. The first-order valence-corrected chi connectivity index (χ1v) is 7.48. The second kappa shape index (κ2) is 4.70. The van der Waals surface area contributed by atoms with Crippen molar-refractivity contribution in [3.05, 3.63) is 12.7 Å². The van der Waals surface area contributed by atoms with Crippen molar-refractivity contribution in [2.45, 2.75) is 24.3 Å². The number of aromatic nitrogens is 4. The first-order chi connectivity index (χ1) is 9.80. The molecule has 11 nitrogen and oxygen atoms in total. The molecule has 3 rings (SSSR count). The third-order valence-electron chi connectivity index (χ3n) is 3.21. The van der Waals surface area contributed by atoms with Gasteiger partial charge in [-0.25, -0.2) is 15.0 Å². The van der Waals surface area contributed by atoms with Gasteiger partial charge in [-0.2, -0.15) is 0 Å². The smallest absolute Gasteiger partial charge is 0.356 e. The van der Waals surface area contributed by atoms with Crippen LogP contribution < -0.4 is 5.73 Å². The van der Waals surface area contributed by atoms with E-state index in [-0.39, 0.29) is 17.0 Å². The fourth-order valence-corrected chi connectivity index (χ4v) is 3.06. The highest BCUT2D eigenvalue weighted by molar-refractivity contribution is 7.52. The van der Waals surface area contributed by atoms with Gasteiger partial charge in [0.25, 0.3) is 0 Å². The number of aliphatic hydroxyl groups is 2. The van der Waals surface area contributed by atoms with Gasteiger partial charge >= 0.3 is 7.60 Å². The molecule has 0 aliphatic carbocycles. The van der Waals surface area contributed by atoms with E-state index in [1.54, 1.807) is 0 Å². The summed E-state index contributed by atoms with van der Waals surface area (Å²) in [7, 11) is -4.74. The van der Waals surface area contributed by atoms with Crippen molar-refractivity contribution < 1.29 is 29.3 Å². The molecule has 114 valence electrons. The van der Waals surface area contributed by atoms with E-state index in [0.29, 0.717) is 0 Å². The second-order valence-electron chi connectivity index (χ2n) is 4.57. The van der Waals surface area contributed by atoms with Crippen LogP contribution in [0.2, 0.25) is 0 Å². The SMILES string of the molecule is Nc1ncnc2c1ncn2[C@@H]1O[C@H](P(=O)(O)O)[C@@H](O)[C@H]1O. The number of hydrogen-bond acceptors (Lipinski definition) is 8. The molecule has 0 unspecified atom stereocenters. The zero-order chi connectivity index (χ0) is 15.4. The number of fused-ring (bicyclic) bond motifs is 1. The third kappa shape index (κ3) is 2.20. The van der Waals surface area contributed by atoms with Crippen LogP contribution in [0.3, 0.4) is 0 Å². The molecular weight excluding hydrogens is 305 g/mol. The summed E-state index contributed by atoms with van der Waals surface area (Å²) in [5.74, 6) is -1.72. The first kappa shape index (κ1) is 14.3. The van der Waals surface area contributed by atoms with Gasteiger partial charge in [-0.15, -0.1) is 0 Å². The van der Waals surface area contributed by atoms with Crippen molar-refractivity contribution in [2.75, 3.05) is 5.73 Å². The van der Waals surface area contributed by atoms with Crippen molar-refractivity contribution in [1.82, 2.24) is 19.5 Å². The lowest BCUT2D eigenvalue weighted by Crippen LogP contribution is -2.31. The number of imidazole rings is 1. The minimum Gasteiger partial charge on any atom is -0.387 e. The molecule has 3 heterocycles. The lowest BCUT2D eigenvalue weighted by molar-refractivity contribution is -0.0229. The van der Waals surface area contributed by atoms with Crippen LogP contribution in [0.5, 0.6) is 0 Å². The van der Waals surface area contributed by atoms with Crippen LogP contribution in [-0.4, -0.2) is 57.6 Å². The number of nitrogens with two attached hydrogens (primary N) is 1. The third-order valence-corrected chi connectivity index (χ3v) is 4.30. The Morgan fingerprint density at radius 1 is 1.24 bits per heavy atom. The van der Waals surface area contributed by atoms with E-state index in [9.17, 15) is 14.8 Å². The normalized spacial score (nSPS) is 30.1. The Labute approximate surface area is 117 Å². The van der Waals surface area contributed by atoms with Crippen LogP contribution in [-0.2, 0) is 9.30 Å². The molecule has 1 aliphatic heterocycles. The molecule has 6 N–H and O–H groups in total. The molecular formula is C9H12N5O6P. The minimum absolute atomic E-state index is 0.110. The predicted molar refractivity (Wildman–Crippen MR) is 67.7 cm³/mol. The van der Waals surface area contributed by atoms with Crippen molar-refractivity contribution in [3.63, 3.8) is 0 Å². The number of anilines is 1. The lowest BCUT2D eigenvalue weighted by atomic mass is 10.2. The number of aliphatic hydroxyl groups excluding tert-OH is 2. The van der Waals surface area contributed by atoms with Gasteiger partial charge in [-0.05, 0) is 0 Å². The summed E-state index contributed by atoms with van der Waals surface area (Å²) in [6.07, 6.45) is -2.15. The average molecular weight is 317 g/mol. The molecule has 21 heavy (non-hydrogen) atoms. The molecule has 2 aromatic rings. The first-order valence-electron chi connectivity index (χ1n) is 5.80. The maximum Gasteiger partial charge on any atom is 0.356 e. The van der Waals surface area contributed by atoms with Crippen LogP contribution >= 0.6 is 7.60 Å². The summed E-state index contributed by atoms with van der Waals surface area (Å²) < 4.78 is 17.6. The Morgan fingerprint density at radius 2 is 1.95 bits per heavy atom. The maximum absolute atomic E-state index is 11.3. The molecule has 0 bridgehead atoms. The molecule has 0 radical (unpaired) electrons. The van der Waals surface area contributed by atoms with Gasteiger partial charge in [-0.3, -0.25) is 9.13 Å². The second-order valence-corrected chi connectivity index (χ2v) is 6.26. The fourth-order valence-electron chi connectivity index (χ4n) is 2.21. The molecule has 0 saturated carbocycles. The maximum atomic E-state index is 11.3. The van der Waals surface area contributed by atoms with Crippen LogP contribution in [0.1, 0.15) is 6.23 Å². The summed E-state index contributed by atoms with van der Waals surface area (Å²) >= 11 is 0. The lowest BCUT2D eigenvalue weighted by Gasteiger charge is -2.16. The molecule has 1 saturated heterocycles. The monoisotopic (exact) mass is 317 g/mol. The van der Waals surface area contributed by atoms with E-state index >= 15 is 0 Å². The van der Waals surface area contributed by atoms with Gasteiger partial charge in [0.2, 0.25) is 0 Å². The van der Waals surface area contributed by atoms with Crippen molar-refractivity contribution in [3.8, 4) is 0 Å². The number of nitrogens with zero attached hydrogens (tertiary/aromatic N) is 4. The number of nitrogen functional groups attached to an aromatic ring is 1. The highest BCUT2D eigenvalue weighted by Gasteiger charge is 2.52. The Morgan fingerprint density at radius 3 is 2.57 bits per heavy atom. The van der Waals surface area contributed by atoms with Gasteiger partial charge in [0.1, 0.15) is 24.1 Å². The Bertz CT molecular complexity index is 730.